The number of hydrogen-bond donors (Lipinski definition) is 2. The molecule has 0 aliphatic carbocycles. The average molecular weight is 170 g/mol. The van der Waals surface area contributed by atoms with Gasteiger partial charge in [0.25, 0.3) is 0 Å². The van der Waals surface area contributed by atoms with E-state index in [1.54, 1.807) is 6.92 Å². The number of rotatable bonds is 3. The lowest BCUT2D eigenvalue weighted by atomic mass is 10.2. The van der Waals surface area contributed by atoms with E-state index >= 15 is 0 Å². The monoisotopic (exact) mass is 170 g/mol. The Morgan fingerprint density at radius 3 is 3.17 bits per heavy atom. The number of carbonyl (C=O) groups is 1. The molecule has 1 unspecified atom stereocenters. The van der Waals surface area contributed by atoms with E-state index in [1.165, 1.54) is 12.5 Å². The van der Waals surface area contributed by atoms with Crippen LogP contribution in [0.5, 0.6) is 0 Å². The maximum atomic E-state index is 10.2. The smallest absolute Gasteiger partial charge is 0.404 e. The van der Waals surface area contributed by atoms with Gasteiger partial charge in [-0.3, -0.25) is 0 Å². The molecule has 0 fully saturated rings. The summed E-state index contributed by atoms with van der Waals surface area (Å²) in [7, 11) is 0. The second-order valence-electron chi connectivity index (χ2n) is 2.48. The summed E-state index contributed by atoms with van der Waals surface area (Å²) in [5, 5.41) is 10.6. The molecular formula is C7H10N2O3. The lowest BCUT2D eigenvalue weighted by molar-refractivity contribution is 0.190. The van der Waals surface area contributed by atoms with Crippen molar-refractivity contribution in [1.29, 1.82) is 0 Å². The van der Waals surface area contributed by atoms with Crippen molar-refractivity contribution >= 4 is 6.09 Å². The highest BCUT2D eigenvalue weighted by Crippen LogP contribution is 1.98. The summed E-state index contributed by atoms with van der Waals surface area (Å²) in [5.74, 6) is 0.538. The molecule has 1 aromatic heterocycles. The van der Waals surface area contributed by atoms with Crippen molar-refractivity contribution in [3.05, 3.63) is 18.4 Å². The van der Waals surface area contributed by atoms with Crippen molar-refractivity contribution in [2.24, 2.45) is 0 Å². The average Bonchev–Trinajstić information content (AvgIpc) is 2.37. The third kappa shape index (κ3) is 2.61. The Hall–Kier alpha value is -1.52. The van der Waals surface area contributed by atoms with E-state index in [1.807, 2.05) is 0 Å². The highest BCUT2D eigenvalue weighted by atomic mass is 16.4. The molecule has 5 nitrogen and oxygen atoms in total. The van der Waals surface area contributed by atoms with E-state index in [4.69, 9.17) is 9.52 Å². The Balaban J connectivity index is 2.36. The zero-order chi connectivity index (χ0) is 8.97. The van der Waals surface area contributed by atoms with Gasteiger partial charge in [-0.25, -0.2) is 9.78 Å². The number of hydrogen-bond acceptors (Lipinski definition) is 3. The molecule has 0 saturated heterocycles. The van der Waals surface area contributed by atoms with E-state index < -0.39 is 6.09 Å². The molecule has 1 heterocycles. The minimum absolute atomic E-state index is 0.179. The molecule has 66 valence electrons. The largest absolute Gasteiger partial charge is 0.465 e. The molecule has 1 aromatic rings. The second kappa shape index (κ2) is 3.75. The highest BCUT2D eigenvalue weighted by Gasteiger charge is 2.08. The maximum absolute atomic E-state index is 10.2. The topological polar surface area (TPSA) is 75.4 Å². The van der Waals surface area contributed by atoms with E-state index in [0.717, 1.165) is 0 Å². The van der Waals surface area contributed by atoms with Gasteiger partial charge in [0.1, 0.15) is 6.26 Å². The summed E-state index contributed by atoms with van der Waals surface area (Å²) in [5.41, 5.74) is 0. The molecule has 0 spiro atoms. The zero-order valence-electron chi connectivity index (χ0n) is 6.65. The van der Waals surface area contributed by atoms with Crippen molar-refractivity contribution in [2.45, 2.75) is 19.4 Å². The van der Waals surface area contributed by atoms with Crippen LogP contribution in [0, 0.1) is 0 Å². The molecule has 12 heavy (non-hydrogen) atoms. The van der Waals surface area contributed by atoms with Crippen LogP contribution >= 0.6 is 0 Å². The molecule has 5 heteroatoms. The summed E-state index contributed by atoms with van der Waals surface area (Å²) in [6, 6.07) is -0.179. The fraction of sp³-hybridized carbons (Fsp3) is 0.429. The molecule has 1 atom stereocenters. The number of aromatic nitrogens is 1. The first-order valence-corrected chi connectivity index (χ1v) is 3.56. The highest BCUT2D eigenvalue weighted by molar-refractivity contribution is 5.64. The van der Waals surface area contributed by atoms with E-state index in [-0.39, 0.29) is 6.04 Å². The molecule has 0 bridgehead atoms. The van der Waals surface area contributed by atoms with Crippen molar-refractivity contribution < 1.29 is 14.3 Å². The molecule has 1 amide bonds. The van der Waals surface area contributed by atoms with Gasteiger partial charge in [-0.15, -0.1) is 0 Å². The fourth-order valence-electron chi connectivity index (χ4n) is 0.878. The molecule has 0 radical (unpaired) electrons. The van der Waals surface area contributed by atoms with Gasteiger partial charge in [-0.1, -0.05) is 0 Å². The van der Waals surface area contributed by atoms with Crippen LogP contribution in [-0.2, 0) is 6.42 Å². The van der Waals surface area contributed by atoms with Crippen molar-refractivity contribution in [1.82, 2.24) is 10.3 Å². The second-order valence-corrected chi connectivity index (χ2v) is 2.48. The fourth-order valence-corrected chi connectivity index (χ4v) is 0.878. The first-order chi connectivity index (χ1) is 5.68. The molecule has 2 N–H and O–H groups in total. The number of carboxylic acid groups (broad SMARTS) is 1. The first-order valence-electron chi connectivity index (χ1n) is 3.56. The Bertz CT molecular complexity index is 245. The summed E-state index contributed by atoms with van der Waals surface area (Å²) in [6.45, 7) is 1.75. The third-order valence-corrected chi connectivity index (χ3v) is 1.33. The molecule has 0 saturated carbocycles. The van der Waals surface area contributed by atoms with Gasteiger partial charge in [0.05, 0.1) is 6.20 Å². The van der Waals surface area contributed by atoms with Crippen LogP contribution in [-0.4, -0.2) is 22.2 Å². The number of nitrogens with zero attached hydrogens (tertiary/aromatic N) is 1. The van der Waals surface area contributed by atoms with Crippen molar-refractivity contribution in [3.63, 3.8) is 0 Å². The van der Waals surface area contributed by atoms with Crippen molar-refractivity contribution in [3.8, 4) is 0 Å². The van der Waals surface area contributed by atoms with E-state index in [9.17, 15) is 4.79 Å². The minimum Gasteiger partial charge on any atom is -0.465 e. The summed E-state index contributed by atoms with van der Waals surface area (Å²) in [4.78, 5) is 14.0. The molecular weight excluding hydrogens is 160 g/mol. The van der Waals surface area contributed by atoms with Crippen LogP contribution in [0.25, 0.3) is 0 Å². The van der Waals surface area contributed by atoms with Gasteiger partial charge in [0.2, 0.25) is 0 Å². The Morgan fingerprint density at radius 2 is 2.67 bits per heavy atom. The number of amides is 1. The first kappa shape index (κ1) is 8.58. The van der Waals surface area contributed by atoms with Gasteiger partial charge < -0.3 is 14.8 Å². The predicted molar refractivity (Wildman–Crippen MR) is 40.8 cm³/mol. The number of nitrogens with one attached hydrogen (secondary N) is 1. The van der Waals surface area contributed by atoms with Crippen molar-refractivity contribution in [2.75, 3.05) is 0 Å². The summed E-state index contributed by atoms with van der Waals surface area (Å²) in [6.07, 6.45) is 2.43. The quantitative estimate of drug-likeness (QED) is 0.705. The summed E-state index contributed by atoms with van der Waals surface area (Å²) < 4.78 is 4.94. The van der Waals surface area contributed by atoms with E-state index in [2.05, 4.69) is 10.3 Å². The Morgan fingerprint density at radius 1 is 1.92 bits per heavy atom. The van der Waals surface area contributed by atoms with Crippen LogP contribution < -0.4 is 5.32 Å². The SMILES string of the molecule is CC(Cc1ncco1)NC(=O)O. The molecule has 1 rings (SSSR count). The lowest BCUT2D eigenvalue weighted by Crippen LogP contribution is -2.32. The predicted octanol–water partition coefficient (Wildman–Crippen LogP) is 0.873. The normalized spacial score (nSPS) is 12.4. The summed E-state index contributed by atoms with van der Waals surface area (Å²) >= 11 is 0. The molecule has 0 aliphatic heterocycles. The molecule has 0 aromatic carbocycles. The van der Waals surface area contributed by atoms with Gasteiger partial charge in [-0.2, -0.15) is 0 Å². The third-order valence-electron chi connectivity index (χ3n) is 1.33. The van der Waals surface area contributed by atoms with Gasteiger partial charge in [-0.05, 0) is 6.92 Å². The van der Waals surface area contributed by atoms with Crippen LogP contribution in [0.15, 0.2) is 16.9 Å². The lowest BCUT2D eigenvalue weighted by Gasteiger charge is -2.07. The maximum Gasteiger partial charge on any atom is 0.404 e. The van der Waals surface area contributed by atoms with Crippen LogP contribution in [0.4, 0.5) is 4.79 Å². The van der Waals surface area contributed by atoms with Crippen LogP contribution in [0.2, 0.25) is 0 Å². The van der Waals surface area contributed by atoms with Gasteiger partial charge in [0, 0.05) is 12.5 Å². The Labute approximate surface area is 69.4 Å². The van der Waals surface area contributed by atoms with Gasteiger partial charge in [0.15, 0.2) is 5.89 Å². The number of oxazole rings is 1. The Kier molecular flexibility index (Phi) is 2.68. The van der Waals surface area contributed by atoms with E-state index in [0.29, 0.717) is 12.3 Å². The van der Waals surface area contributed by atoms with Crippen LogP contribution in [0.1, 0.15) is 12.8 Å². The van der Waals surface area contributed by atoms with Gasteiger partial charge >= 0.3 is 6.09 Å². The standard InChI is InChI=1S/C7H10N2O3/c1-5(9-7(10)11)4-6-8-2-3-12-6/h2-3,5,9H,4H2,1H3,(H,10,11). The zero-order valence-corrected chi connectivity index (χ0v) is 6.65. The molecule has 0 aliphatic rings. The minimum atomic E-state index is -1.03. The van der Waals surface area contributed by atoms with Crippen LogP contribution in [0.3, 0.4) is 0 Å².